The Labute approximate surface area is 93.0 Å². The quantitative estimate of drug-likeness (QED) is 0.747. The summed E-state index contributed by atoms with van der Waals surface area (Å²) in [6.45, 7) is 8.88. The molecule has 0 aromatic rings. The van der Waals surface area contributed by atoms with Crippen LogP contribution in [0.4, 0.5) is 0 Å². The van der Waals surface area contributed by atoms with Crippen molar-refractivity contribution in [3.63, 3.8) is 0 Å². The molecule has 1 fully saturated rings. The van der Waals surface area contributed by atoms with E-state index in [9.17, 15) is 4.79 Å². The van der Waals surface area contributed by atoms with Gasteiger partial charge in [0.05, 0.1) is 6.54 Å². The number of hydrogen-bond donors (Lipinski definition) is 2. The lowest BCUT2D eigenvalue weighted by Gasteiger charge is -2.21. The maximum absolute atomic E-state index is 11.6. The highest BCUT2D eigenvalue weighted by Gasteiger charge is 2.22. The largest absolute Gasteiger partial charge is 0.352 e. The van der Waals surface area contributed by atoms with Gasteiger partial charge in [-0.2, -0.15) is 0 Å². The lowest BCUT2D eigenvalue weighted by Crippen LogP contribution is -2.45. The molecule has 88 valence electrons. The van der Waals surface area contributed by atoms with Gasteiger partial charge in [-0.1, -0.05) is 6.92 Å². The van der Waals surface area contributed by atoms with Crippen molar-refractivity contribution in [2.75, 3.05) is 6.54 Å². The molecular weight excluding hydrogens is 188 g/mol. The molecule has 15 heavy (non-hydrogen) atoms. The minimum atomic E-state index is 0.0142. The van der Waals surface area contributed by atoms with Crippen LogP contribution in [0.2, 0.25) is 0 Å². The number of hydrogen-bond acceptors (Lipinski definition) is 2. The van der Waals surface area contributed by atoms with Gasteiger partial charge in [-0.3, -0.25) is 4.79 Å². The highest BCUT2D eigenvalue weighted by atomic mass is 16.2. The monoisotopic (exact) mass is 212 g/mol. The summed E-state index contributed by atoms with van der Waals surface area (Å²) in [6, 6.07) is 0.411. The minimum absolute atomic E-state index is 0.0142. The van der Waals surface area contributed by atoms with Crippen LogP contribution in [-0.4, -0.2) is 24.0 Å². The van der Waals surface area contributed by atoms with Crippen LogP contribution >= 0.6 is 0 Å². The maximum Gasteiger partial charge on any atom is 0.234 e. The van der Waals surface area contributed by atoms with E-state index in [0.717, 1.165) is 18.8 Å². The Bertz CT molecular complexity index is 220. The molecule has 3 nitrogen and oxygen atoms in total. The van der Waals surface area contributed by atoms with E-state index in [1.165, 1.54) is 6.42 Å². The first-order chi connectivity index (χ1) is 6.87. The van der Waals surface area contributed by atoms with E-state index >= 15 is 0 Å². The van der Waals surface area contributed by atoms with Crippen LogP contribution in [0.3, 0.4) is 0 Å². The van der Waals surface area contributed by atoms with Crippen LogP contribution < -0.4 is 10.6 Å². The molecule has 0 radical (unpaired) electrons. The molecule has 0 aromatic carbocycles. The summed E-state index contributed by atoms with van der Waals surface area (Å²) in [5, 5.41) is 6.28. The fourth-order valence-corrected chi connectivity index (χ4v) is 1.96. The maximum atomic E-state index is 11.6. The molecule has 2 atom stereocenters. The second-order valence-electron chi connectivity index (χ2n) is 5.79. The van der Waals surface area contributed by atoms with Crippen molar-refractivity contribution >= 4 is 5.91 Å². The molecule has 0 bridgehead atoms. The first kappa shape index (κ1) is 12.5. The fraction of sp³-hybridized carbons (Fsp3) is 0.917. The number of amides is 1. The van der Waals surface area contributed by atoms with E-state index in [1.54, 1.807) is 0 Å². The predicted octanol–water partition coefficient (Wildman–Crippen LogP) is 1.68. The van der Waals surface area contributed by atoms with E-state index in [0.29, 0.717) is 12.6 Å². The number of nitrogens with one attached hydrogen (secondary N) is 2. The lowest BCUT2D eigenvalue weighted by molar-refractivity contribution is -0.121. The van der Waals surface area contributed by atoms with Crippen LogP contribution in [0.25, 0.3) is 0 Å². The predicted molar refractivity (Wildman–Crippen MR) is 62.7 cm³/mol. The van der Waals surface area contributed by atoms with E-state index in [1.807, 2.05) is 0 Å². The Balaban J connectivity index is 2.19. The molecule has 1 amide bonds. The molecule has 1 rings (SSSR count). The molecular formula is C12H24N2O. The Morgan fingerprint density at radius 2 is 2.00 bits per heavy atom. The summed E-state index contributed by atoms with van der Waals surface area (Å²) in [4.78, 5) is 11.6. The van der Waals surface area contributed by atoms with Gasteiger partial charge in [0.15, 0.2) is 0 Å². The molecule has 1 aliphatic carbocycles. The molecule has 2 unspecified atom stereocenters. The zero-order valence-electron chi connectivity index (χ0n) is 10.4. The van der Waals surface area contributed by atoms with Crippen molar-refractivity contribution < 1.29 is 4.79 Å². The van der Waals surface area contributed by atoms with E-state index in [-0.39, 0.29) is 11.4 Å². The molecule has 0 spiro atoms. The summed E-state index contributed by atoms with van der Waals surface area (Å²) in [5.74, 6) is 0.898. The van der Waals surface area contributed by atoms with Gasteiger partial charge < -0.3 is 10.6 Å². The third kappa shape index (κ3) is 5.17. The zero-order chi connectivity index (χ0) is 11.5. The zero-order valence-corrected chi connectivity index (χ0v) is 10.4. The van der Waals surface area contributed by atoms with Crippen molar-refractivity contribution in [2.45, 2.75) is 58.5 Å². The van der Waals surface area contributed by atoms with Crippen molar-refractivity contribution in [3.8, 4) is 0 Å². The fourth-order valence-electron chi connectivity index (χ4n) is 1.96. The van der Waals surface area contributed by atoms with Gasteiger partial charge >= 0.3 is 0 Å². The standard InChI is InChI=1S/C12H24N2O/c1-9-5-6-10(7-9)14-11(15)8-13-12(2,3)4/h9-10,13H,5-8H2,1-4H3,(H,14,15). The molecule has 0 saturated heterocycles. The third-order valence-corrected chi connectivity index (χ3v) is 2.84. The first-order valence-electron chi connectivity index (χ1n) is 5.91. The normalized spacial score (nSPS) is 26.7. The van der Waals surface area contributed by atoms with Crippen molar-refractivity contribution in [2.24, 2.45) is 5.92 Å². The average molecular weight is 212 g/mol. The van der Waals surface area contributed by atoms with E-state index in [2.05, 4.69) is 38.3 Å². The van der Waals surface area contributed by atoms with Crippen molar-refractivity contribution in [1.82, 2.24) is 10.6 Å². The van der Waals surface area contributed by atoms with Gasteiger partial charge in [-0.25, -0.2) is 0 Å². The Hall–Kier alpha value is -0.570. The summed E-state index contributed by atoms with van der Waals surface area (Å²) in [5.41, 5.74) is 0.0142. The smallest absolute Gasteiger partial charge is 0.234 e. The minimum Gasteiger partial charge on any atom is -0.352 e. The molecule has 2 N–H and O–H groups in total. The lowest BCUT2D eigenvalue weighted by atomic mass is 10.1. The SMILES string of the molecule is CC1CCC(NC(=O)CNC(C)(C)C)C1. The second kappa shape index (κ2) is 4.97. The van der Waals surface area contributed by atoms with Crippen LogP contribution in [-0.2, 0) is 4.79 Å². The third-order valence-electron chi connectivity index (χ3n) is 2.84. The van der Waals surface area contributed by atoms with Crippen molar-refractivity contribution in [1.29, 1.82) is 0 Å². The molecule has 1 aliphatic rings. The van der Waals surface area contributed by atoms with Gasteiger partial charge in [0.2, 0.25) is 5.91 Å². The van der Waals surface area contributed by atoms with E-state index < -0.39 is 0 Å². The summed E-state index contributed by atoms with van der Waals surface area (Å²) in [7, 11) is 0. The molecule has 0 heterocycles. The Morgan fingerprint density at radius 1 is 1.33 bits per heavy atom. The average Bonchev–Trinajstić information content (AvgIpc) is 2.47. The number of rotatable bonds is 3. The highest BCUT2D eigenvalue weighted by Crippen LogP contribution is 2.24. The van der Waals surface area contributed by atoms with Gasteiger partial charge in [-0.05, 0) is 46.0 Å². The van der Waals surface area contributed by atoms with Crippen molar-refractivity contribution in [3.05, 3.63) is 0 Å². The summed E-state index contributed by atoms with van der Waals surface area (Å²) >= 11 is 0. The van der Waals surface area contributed by atoms with Crippen LogP contribution in [0.5, 0.6) is 0 Å². The summed E-state index contributed by atoms with van der Waals surface area (Å²) in [6.07, 6.45) is 3.53. The molecule has 0 aromatic heterocycles. The van der Waals surface area contributed by atoms with Crippen LogP contribution in [0.1, 0.15) is 47.0 Å². The van der Waals surface area contributed by atoms with Crippen LogP contribution in [0, 0.1) is 5.92 Å². The number of carbonyl (C=O) groups is 1. The van der Waals surface area contributed by atoms with Gasteiger partial charge in [0, 0.05) is 11.6 Å². The Kier molecular flexibility index (Phi) is 4.14. The van der Waals surface area contributed by atoms with Gasteiger partial charge in [0.25, 0.3) is 0 Å². The molecule has 1 saturated carbocycles. The van der Waals surface area contributed by atoms with Gasteiger partial charge in [0.1, 0.15) is 0 Å². The summed E-state index contributed by atoms with van der Waals surface area (Å²) < 4.78 is 0. The highest BCUT2D eigenvalue weighted by molar-refractivity contribution is 5.78. The molecule has 3 heteroatoms. The topological polar surface area (TPSA) is 41.1 Å². The number of carbonyl (C=O) groups excluding carboxylic acids is 1. The van der Waals surface area contributed by atoms with E-state index in [4.69, 9.17) is 0 Å². The Morgan fingerprint density at radius 3 is 2.47 bits per heavy atom. The molecule has 0 aliphatic heterocycles. The second-order valence-corrected chi connectivity index (χ2v) is 5.79. The van der Waals surface area contributed by atoms with Gasteiger partial charge in [-0.15, -0.1) is 0 Å². The first-order valence-corrected chi connectivity index (χ1v) is 5.91. The van der Waals surface area contributed by atoms with Crippen LogP contribution in [0.15, 0.2) is 0 Å².